The number of nitrogens with one attached hydrogen (secondary N) is 1. The van der Waals surface area contributed by atoms with E-state index in [9.17, 15) is 0 Å². The van der Waals surface area contributed by atoms with E-state index < -0.39 is 0 Å². The molecule has 0 aliphatic carbocycles. The van der Waals surface area contributed by atoms with Gasteiger partial charge in [0.1, 0.15) is 5.75 Å². The summed E-state index contributed by atoms with van der Waals surface area (Å²) in [5, 5.41) is 3.05. The summed E-state index contributed by atoms with van der Waals surface area (Å²) in [6.45, 7) is 5.16. The van der Waals surface area contributed by atoms with Gasteiger partial charge in [0.15, 0.2) is 0 Å². The first-order chi connectivity index (χ1) is 7.86. The molecule has 0 aliphatic heterocycles. The Bertz CT molecular complexity index is 272. The molecule has 0 unspecified atom stereocenters. The summed E-state index contributed by atoms with van der Waals surface area (Å²) in [5.74, 6) is 0.933. The Kier molecular flexibility index (Phi) is 6.61. The molecule has 0 atom stereocenters. The minimum Gasteiger partial charge on any atom is -0.494 e. The average molecular weight is 223 g/mol. The van der Waals surface area contributed by atoms with E-state index in [-0.39, 0.29) is 0 Å². The molecule has 16 heavy (non-hydrogen) atoms. The van der Waals surface area contributed by atoms with Gasteiger partial charge in [-0.15, -0.1) is 0 Å². The van der Waals surface area contributed by atoms with Crippen LogP contribution in [0.3, 0.4) is 0 Å². The van der Waals surface area contributed by atoms with Crippen molar-refractivity contribution >= 4 is 0 Å². The average Bonchev–Trinajstić information content (AvgIpc) is 2.31. The van der Waals surface area contributed by atoms with Crippen molar-refractivity contribution in [1.29, 1.82) is 0 Å². The summed E-state index contributed by atoms with van der Waals surface area (Å²) < 4.78 is 10.8. The maximum atomic E-state index is 5.46. The fourth-order valence-corrected chi connectivity index (χ4v) is 1.39. The summed E-state index contributed by atoms with van der Waals surface area (Å²) >= 11 is 0. The molecule has 0 amide bonds. The Morgan fingerprint density at radius 3 is 2.50 bits per heavy atom. The van der Waals surface area contributed by atoms with Crippen LogP contribution in [0.4, 0.5) is 0 Å². The van der Waals surface area contributed by atoms with Crippen molar-refractivity contribution in [3.8, 4) is 5.75 Å². The standard InChI is InChI=1S/C13H21NO2/c1-3-16-13-6-4-12(5-7-13)8-10-15-11-9-14-2/h4-7,14H,3,8-11H2,1-2H3. The molecule has 0 saturated carbocycles. The summed E-state index contributed by atoms with van der Waals surface area (Å²) in [7, 11) is 1.93. The zero-order valence-electron chi connectivity index (χ0n) is 10.2. The summed E-state index contributed by atoms with van der Waals surface area (Å²) in [6, 6.07) is 8.19. The van der Waals surface area contributed by atoms with Crippen LogP contribution in [0.15, 0.2) is 24.3 Å². The number of rotatable bonds is 8. The molecule has 0 aromatic heterocycles. The van der Waals surface area contributed by atoms with E-state index in [4.69, 9.17) is 9.47 Å². The van der Waals surface area contributed by atoms with Crippen molar-refractivity contribution in [2.45, 2.75) is 13.3 Å². The van der Waals surface area contributed by atoms with E-state index >= 15 is 0 Å². The SMILES string of the molecule is CCOc1ccc(CCOCCNC)cc1. The predicted octanol–water partition coefficient (Wildman–Crippen LogP) is 1.86. The first-order valence-corrected chi connectivity index (χ1v) is 5.81. The van der Waals surface area contributed by atoms with Crippen LogP contribution in [-0.2, 0) is 11.2 Å². The van der Waals surface area contributed by atoms with E-state index in [1.807, 2.05) is 26.1 Å². The first kappa shape index (κ1) is 13.0. The van der Waals surface area contributed by atoms with Gasteiger partial charge in [-0.05, 0) is 38.1 Å². The predicted molar refractivity (Wildman–Crippen MR) is 66.1 cm³/mol. The van der Waals surface area contributed by atoms with Gasteiger partial charge in [0.25, 0.3) is 0 Å². The van der Waals surface area contributed by atoms with E-state index in [0.29, 0.717) is 6.61 Å². The van der Waals surface area contributed by atoms with Crippen LogP contribution < -0.4 is 10.1 Å². The molecule has 90 valence electrons. The molecule has 0 aliphatic rings. The Balaban J connectivity index is 2.21. The molecule has 1 N–H and O–H groups in total. The van der Waals surface area contributed by atoms with Crippen molar-refractivity contribution in [3.05, 3.63) is 29.8 Å². The minimum absolute atomic E-state index is 0.715. The van der Waals surface area contributed by atoms with Gasteiger partial charge >= 0.3 is 0 Å². The quantitative estimate of drug-likeness (QED) is 0.682. The van der Waals surface area contributed by atoms with Crippen LogP contribution in [0.25, 0.3) is 0 Å². The van der Waals surface area contributed by atoms with Gasteiger partial charge in [-0.25, -0.2) is 0 Å². The van der Waals surface area contributed by atoms with E-state index in [0.717, 1.165) is 31.9 Å². The van der Waals surface area contributed by atoms with Crippen LogP contribution in [0.2, 0.25) is 0 Å². The molecule has 0 bridgehead atoms. The molecule has 3 heteroatoms. The molecular weight excluding hydrogens is 202 g/mol. The van der Waals surface area contributed by atoms with Gasteiger partial charge in [0.2, 0.25) is 0 Å². The Morgan fingerprint density at radius 2 is 1.88 bits per heavy atom. The van der Waals surface area contributed by atoms with E-state index in [2.05, 4.69) is 17.4 Å². The largest absolute Gasteiger partial charge is 0.494 e. The number of hydrogen-bond acceptors (Lipinski definition) is 3. The van der Waals surface area contributed by atoms with Gasteiger partial charge in [0.05, 0.1) is 19.8 Å². The van der Waals surface area contributed by atoms with Crippen molar-refractivity contribution < 1.29 is 9.47 Å². The second kappa shape index (κ2) is 8.13. The first-order valence-electron chi connectivity index (χ1n) is 5.81. The molecule has 1 rings (SSSR count). The zero-order chi connectivity index (χ0) is 11.6. The van der Waals surface area contributed by atoms with Crippen LogP contribution in [0, 0.1) is 0 Å². The number of ether oxygens (including phenoxy) is 2. The normalized spacial score (nSPS) is 10.4. The van der Waals surface area contributed by atoms with Gasteiger partial charge in [-0.1, -0.05) is 12.1 Å². The Hall–Kier alpha value is -1.06. The number of benzene rings is 1. The molecule has 0 saturated heterocycles. The van der Waals surface area contributed by atoms with Gasteiger partial charge in [0, 0.05) is 6.54 Å². The summed E-state index contributed by atoms with van der Waals surface area (Å²) in [6.07, 6.45) is 0.954. The monoisotopic (exact) mass is 223 g/mol. The molecule has 0 heterocycles. The Labute approximate surface area is 97.8 Å². The lowest BCUT2D eigenvalue weighted by Gasteiger charge is -2.06. The van der Waals surface area contributed by atoms with Gasteiger partial charge < -0.3 is 14.8 Å². The number of hydrogen-bond donors (Lipinski definition) is 1. The van der Waals surface area contributed by atoms with Crippen molar-refractivity contribution in [2.24, 2.45) is 0 Å². The molecular formula is C13H21NO2. The highest BCUT2D eigenvalue weighted by Gasteiger charge is 1.95. The second-order valence-corrected chi connectivity index (χ2v) is 3.54. The third kappa shape index (κ3) is 5.14. The highest BCUT2D eigenvalue weighted by Crippen LogP contribution is 2.12. The van der Waals surface area contributed by atoms with Crippen LogP contribution >= 0.6 is 0 Å². The highest BCUT2D eigenvalue weighted by atomic mass is 16.5. The Morgan fingerprint density at radius 1 is 1.12 bits per heavy atom. The van der Waals surface area contributed by atoms with Crippen LogP contribution in [0.1, 0.15) is 12.5 Å². The molecule has 0 spiro atoms. The van der Waals surface area contributed by atoms with Crippen molar-refractivity contribution in [3.63, 3.8) is 0 Å². The minimum atomic E-state index is 0.715. The lowest BCUT2D eigenvalue weighted by Crippen LogP contribution is -2.15. The summed E-state index contributed by atoms with van der Waals surface area (Å²) in [5.41, 5.74) is 1.29. The lowest BCUT2D eigenvalue weighted by molar-refractivity contribution is 0.140. The van der Waals surface area contributed by atoms with Gasteiger partial charge in [-0.2, -0.15) is 0 Å². The van der Waals surface area contributed by atoms with E-state index in [1.165, 1.54) is 5.56 Å². The zero-order valence-corrected chi connectivity index (χ0v) is 10.2. The van der Waals surface area contributed by atoms with E-state index in [1.54, 1.807) is 0 Å². The van der Waals surface area contributed by atoms with Gasteiger partial charge in [-0.3, -0.25) is 0 Å². The van der Waals surface area contributed by atoms with Crippen molar-refractivity contribution in [2.75, 3.05) is 33.4 Å². The maximum absolute atomic E-state index is 5.46. The molecule has 0 radical (unpaired) electrons. The fraction of sp³-hybridized carbons (Fsp3) is 0.538. The summed E-state index contributed by atoms with van der Waals surface area (Å²) in [4.78, 5) is 0. The van der Waals surface area contributed by atoms with Crippen LogP contribution in [0.5, 0.6) is 5.75 Å². The molecule has 3 nitrogen and oxygen atoms in total. The third-order valence-electron chi connectivity index (χ3n) is 2.27. The topological polar surface area (TPSA) is 30.5 Å². The molecule has 1 aromatic rings. The second-order valence-electron chi connectivity index (χ2n) is 3.54. The lowest BCUT2D eigenvalue weighted by atomic mass is 10.1. The fourth-order valence-electron chi connectivity index (χ4n) is 1.39. The number of likely N-dealkylation sites (N-methyl/N-ethyl adjacent to an activating group) is 1. The third-order valence-corrected chi connectivity index (χ3v) is 2.27. The van der Waals surface area contributed by atoms with Crippen molar-refractivity contribution in [1.82, 2.24) is 5.32 Å². The van der Waals surface area contributed by atoms with Crippen LogP contribution in [-0.4, -0.2) is 33.4 Å². The highest BCUT2D eigenvalue weighted by molar-refractivity contribution is 5.27. The molecule has 1 aromatic carbocycles. The maximum Gasteiger partial charge on any atom is 0.119 e. The molecule has 0 fully saturated rings. The smallest absolute Gasteiger partial charge is 0.119 e.